The molecular formula is C13H23N3OS. The largest absolute Gasteiger partial charge is 0.395 e. The molecule has 0 radical (unpaired) electrons. The van der Waals surface area contributed by atoms with Gasteiger partial charge in [0.05, 0.1) is 12.6 Å². The molecule has 1 aliphatic heterocycles. The van der Waals surface area contributed by atoms with E-state index in [9.17, 15) is 0 Å². The van der Waals surface area contributed by atoms with E-state index >= 15 is 0 Å². The summed E-state index contributed by atoms with van der Waals surface area (Å²) in [7, 11) is 0. The summed E-state index contributed by atoms with van der Waals surface area (Å²) in [5.41, 5.74) is 7.50. The third-order valence-electron chi connectivity index (χ3n) is 3.60. The molecule has 102 valence electrons. The first kappa shape index (κ1) is 14.0. The van der Waals surface area contributed by atoms with Crippen molar-refractivity contribution in [2.24, 2.45) is 5.73 Å². The van der Waals surface area contributed by atoms with Crippen molar-refractivity contribution in [1.82, 2.24) is 9.80 Å². The molecule has 2 atom stereocenters. The number of aliphatic hydroxyl groups is 1. The van der Waals surface area contributed by atoms with Gasteiger partial charge in [0.1, 0.15) is 0 Å². The molecule has 5 heteroatoms. The summed E-state index contributed by atoms with van der Waals surface area (Å²) in [6.45, 7) is 7.23. The van der Waals surface area contributed by atoms with Crippen LogP contribution in [0, 0.1) is 0 Å². The van der Waals surface area contributed by atoms with Crippen LogP contribution in [0.15, 0.2) is 16.8 Å². The van der Waals surface area contributed by atoms with Gasteiger partial charge in [0, 0.05) is 38.8 Å². The Kier molecular flexibility index (Phi) is 5.14. The Morgan fingerprint density at radius 2 is 2.11 bits per heavy atom. The predicted molar refractivity (Wildman–Crippen MR) is 75.8 cm³/mol. The Balaban J connectivity index is 1.97. The summed E-state index contributed by atoms with van der Waals surface area (Å²) in [6, 6.07) is 2.65. The van der Waals surface area contributed by atoms with Crippen LogP contribution in [0.3, 0.4) is 0 Å². The molecule has 1 aliphatic rings. The Morgan fingerprint density at radius 1 is 1.39 bits per heavy atom. The zero-order valence-corrected chi connectivity index (χ0v) is 11.8. The third-order valence-corrected chi connectivity index (χ3v) is 4.30. The van der Waals surface area contributed by atoms with Crippen molar-refractivity contribution in [1.29, 1.82) is 0 Å². The van der Waals surface area contributed by atoms with Gasteiger partial charge in [-0.25, -0.2) is 0 Å². The van der Waals surface area contributed by atoms with Crippen molar-refractivity contribution < 1.29 is 5.11 Å². The zero-order valence-electron chi connectivity index (χ0n) is 11.0. The second kappa shape index (κ2) is 6.63. The summed E-state index contributed by atoms with van der Waals surface area (Å²) in [5.74, 6) is 0. The Labute approximate surface area is 113 Å². The lowest BCUT2D eigenvalue weighted by Crippen LogP contribution is -2.51. The van der Waals surface area contributed by atoms with E-state index in [1.807, 2.05) is 0 Å². The highest BCUT2D eigenvalue weighted by atomic mass is 32.1. The predicted octanol–water partition coefficient (Wildman–Crippen LogP) is 0.746. The summed E-state index contributed by atoms with van der Waals surface area (Å²) in [5, 5.41) is 13.3. The molecule has 18 heavy (non-hydrogen) atoms. The van der Waals surface area contributed by atoms with Gasteiger partial charge < -0.3 is 10.8 Å². The standard InChI is InChI=1S/C13H23N3OS/c1-11(14)13(12-2-9-18-10-12)16-5-3-15(4-6-16)7-8-17/h2,9-11,13,17H,3-8,14H2,1H3. The normalized spacial score (nSPS) is 21.9. The fourth-order valence-corrected chi connectivity index (χ4v) is 3.39. The summed E-state index contributed by atoms with van der Waals surface area (Å²) in [6.07, 6.45) is 0. The van der Waals surface area contributed by atoms with Crippen LogP contribution in [-0.4, -0.2) is 60.3 Å². The maximum Gasteiger partial charge on any atom is 0.0558 e. The fraction of sp³-hybridized carbons (Fsp3) is 0.692. The minimum absolute atomic E-state index is 0.143. The molecule has 2 unspecified atom stereocenters. The number of nitrogens with zero attached hydrogens (tertiary/aromatic N) is 2. The number of rotatable bonds is 5. The van der Waals surface area contributed by atoms with Gasteiger partial charge in [0.25, 0.3) is 0 Å². The summed E-state index contributed by atoms with van der Waals surface area (Å²) >= 11 is 1.73. The van der Waals surface area contributed by atoms with E-state index in [0.29, 0.717) is 6.04 Å². The lowest BCUT2D eigenvalue weighted by atomic mass is 10.0. The maximum atomic E-state index is 8.96. The average molecular weight is 269 g/mol. The highest BCUT2D eigenvalue weighted by Crippen LogP contribution is 2.26. The van der Waals surface area contributed by atoms with Crippen LogP contribution in [-0.2, 0) is 0 Å². The zero-order chi connectivity index (χ0) is 13.0. The van der Waals surface area contributed by atoms with Crippen LogP contribution < -0.4 is 5.73 Å². The number of hydrogen-bond donors (Lipinski definition) is 2. The molecule has 0 aromatic carbocycles. The second-order valence-corrected chi connectivity index (χ2v) is 5.74. The highest BCUT2D eigenvalue weighted by Gasteiger charge is 2.27. The Bertz CT molecular complexity index is 334. The minimum Gasteiger partial charge on any atom is -0.395 e. The van der Waals surface area contributed by atoms with Gasteiger partial charge >= 0.3 is 0 Å². The Morgan fingerprint density at radius 3 is 2.61 bits per heavy atom. The van der Waals surface area contributed by atoms with Gasteiger partial charge in [-0.05, 0) is 29.3 Å². The van der Waals surface area contributed by atoms with Crippen LogP contribution in [0.5, 0.6) is 0 Å². The third kappa shape index (κ3) is 3.30. The second-order valence-electron chi connectivity index (χ2n) is 4.96. The van der Waals surface area contributed by atoms with E-state index < -0.39 is 0 Å². The first-order chi connectivity index (χ1) is 8.72. The molecule has 2 rings (SSSR count). The number of piperazine rings is 1. The monoisotopic (exact) mass is 269 g/mol. The SMILES string of the molecule is CC(N)C(c1ccsc1)N1CCN(CCO)CC1. The quantitative estimate of drug-likeness (QED) is 0.828. The minimum atomic E-state index is 0.143. The molecule has 0 aliphatic carbocycles. The molecule has 1 saturated heterocycles. The van der Waals surface area contributed by atoms with E-state index in [4.69, 9.17) is 10.8 Å². The van der Waals surface area contributed by atoms with Crippen LogP contribution in [0.25, 0.3) is 0 Å². The van der Waals surface area contributed by atoms with Crippen molar-refractivity contribution in [3.05, 3.63) is 22.4 Å². The number of thiophene rings is 1. The van der Waals surface area contributed by atoms with Crippen molar-refractivity contribution in [3.63, 3.8) is 0 Å². The van der Waals surface area contributed by atoms with Crippen LogP contribution in [0.4, 0.5) is 0 Å². The number of β-amino-alcohol motifs (C(OH)–C–C–N with tert-alkyl or cyclic N) is 1. The average Bonchev–Trinajstić information content (AvgIpc) is 2.85. The topological polar surface area (TPSA) is 52.7 Å². The van der Waals surface area contributed by atoms with Gasteiger partial charge in [0.15, 0.2) is 0 Å². The smallest absolute Gasteiger partial charge is 0.0558 e. The van der Waals surface area contributed by atoms with Crippen molar-refractivity contribution >= 4 is 11.3 Å². The fourth-order valence-electron chi connectivity index (χ4n) is 2.70. The number of nitrogens with two attached hydrogens (primary N) is 1. The molecule has 0 bridgehead atoms. The highest BCUT2D eigenvalue weighted by molar-refractivity contribution is 7.07. The molecule has 3 N–H and O–H groups in total. The van der Waals surface area contributed by atoms with E-state index in [1.54, 1.807) is 11.3 Å². The Hall–Kier alpha value is -0.460. The van der Waals surface area contributed by atoms with Gasteiger partial charge in [-0.3, -0.25) is 9.80 Å². The van der Waals surface area contributed by atoms with Crippen LogP contribution in [0.2, 0.25) is 0 Å². The number of hydrogen-bond acceptors (Lipinski definition) is 5. The molecule has 1 aromatic heterocycles. The van der Waals surface area contributed by atoms with Gasteiger partial charge in [-0.1, -0.05) is 0 Å². The molecule has 4 nitrogen and oxygen atoms in total. The maximum absolute atomic E-state index is 8.96. The lowest BCUT2D eigenvalue weighted by Gasteiger charge is -2.40. The lowest BCUT2D eigenvalue weighted by molar-refractivity contribution is 0.0762. The molecular weight excluding hydrogens is 246 g/mol. The van der Waals surface area contributed by atoms with Crippen molar-refractivity contribution in [2.75, 3.05) is 39.3 Å². The molecule has 0 spiro atoms. The molecule has 1 aromatic rings. The van der Waals surface area contributed by atoms with Crippen LogP contribution in [0.1, 0.15) is 18.5 Å². The summed E-state index contributed by atoms with van der Waals surface area (Å²) < 4.78 is 0. The summed E-state index contributed by atoms with van der Waals surface area (Å²) in [4.78, 5) is 4.78. The van der Waals surface area contributed by atoms with Crippen molar-refractivity contribution in [3.8, 4) is 0 Å². The first-order valence-corrected chi connectivity index (χ1v) is 7.51. The van der Waals surface area contributed by atoms with E-state index in [0.717, 1.165) is 32.7 Å². The van der Waals surface area contributed by atoms with Gasteiger partial charge in [-0.2, -0.15) is 11.3 Å². The first-order valence-electron chi connectivity index (χ1n) is 6.57. The number of aliphatic hydroxyl groups excluding tert-OH is 1. The van der Waals surface area contributed by atoms with Gasteiger partial charge in [0.2, 0.25) is 0 Å². The van der Waals surface area contributed by atoms with E-state index in [-0.39, 0.29) is 12.6 Å². The van der Waals surface area contributed by atoms with Crippen molar-refractivity contribution in [2.45, 2.75) is 19.0 Å². The van der Waals surface area contributed by atoms with E-state index in [1.165, 1.54) is 5.56 Å². The molecule has 0 saturated carbocycles. The van der Waals surface area contributed by atoms with Gasteiger partial charge in [-0.15, -0.1) is 0 Å². The molecule has 0 amide bonds. The van der Waals surface area contributed by atoms with Crippen LogP contribution >= 0.6 is 11.3 Å². The molecule has 1 fully saturated rings. The molecule has 2 heterocycles. The van der Waals surface area contributed by atoms with E-state index in [2.05, 4.69) is 33.6 Å².